The maximum atomic E-state index is 11.7. The number of fused-ring (bicyclic) bond motifs is 1. The van der Waals surface area contributed by atoms with Crippen LogP contribution in [0.25, 0.3) is 0 Å². The zero-order valence-electron chi connectivity index (χ0n) is 10.9. The molecule has 1 aliphatic rings. The molecule has 0 fully saturated rings. The Morgan fingerprint density at radius 1 is 1.50 bits per heavy atom. The lowest BCUT2D eigenvalue weighted by Gasteiger charge is -2.28. The third kappa shape index (κ3) is 3.06. The molecule has 2 N–H and O–H groups in total. The molecular weight excluding hydrogens is 244 g/mol. The molecule has 0 aliphatic carbocycles. The number of hydrogen-bond donors (Lipinski definition) is 2. The minimum Gasteiger partial charge on any atom is -0.355 e. The van der Waals surface area contributed by atoms with Crippen molar-refractivity contribution >= 4 is 17.7 Å². The van der Waals surface area contributed by atoms with E-state index in [1.807, 2.05) is 25.6 Å². The van der Waals surface area contributed by atoms with Crippen molar-refractivity contribution in [2.45, 2.75) is 37.2 Å². The number of likely N-dealkylation sites (N-methyl/N-ethyl adjacent to an activating group) is 1. The first kappa shape index (κ1) is 13.4. The second-order valence-corrected chi connectivity index (χ2v) is 5.65. The van der Waals surface area contributed by atoms with Crippen molar-refractivity contribution < 1.29 is 4.79 Å². The molecule has 0 spiro atoms. The number of nitrogens with one attached hydrogen (secondary N) is 2. The van der Waals surface area contributed by atoms with Gasteiger partial charge in [-0.05, 0) is 37.7 Å². The fraction of sp³-hybridized carbons (Fsp3) is 0.500. The fourth-order valence-corrected chi connectivity index (χ4v) is 3.35. The molecule has 4 heteroatoms. The summed E-state index contributed by atoms with van der Waals surface area (Å²) in [6.45, 7) is 4.55. The van der Waals surface area contributed by atoms with Crippen LogP contribution in [0.4, 0.5) is 0 Å². The van der Waals surface area contributed by atoms with Gasteiger partial charge in [-0.2, -0.15) is 0 Å². The highest BCUT2D eigenvalue weighted by Gasteiger charge is 2.23. The van der Waals surface area contributed by atoms with Crippen LogP contribution in [-0.4, -0.2) is 24.2 Å². The Hall–Kier alpha value is -1.00. The third-order valence-electron chi connectivity index (χ3n) is 3.15. The van der Waals surface area contributed by atoms with Crippen molar-refractivity contribution in [3.05, 3.63) is 29.8 Å². The quantitative estimate of drug-likeness (QED) is 0.877. The summed E-state index contributed by atoms with van der Waals surface area (Å²) >= 11 is 1.90. The highest BCUT2D eigenvalue weighted by atomic mass is 32.2. The Morgan fingerprint density at radius 2 is 2.28 bits per heavy atom. The maximum Gasteiger partial charge on any atom is 0.236 e. The van der Waals surface area contributed by atoms with Crippen LogP contribution in [0.1, 0.15) is 31.9 Å². The van der Waals surface area contributed by atoms with Gasteiger partial charge in [0.05, 0.1) is 6.04 Å². The van der Waals surface area contributed by atoms with Crippen molar-refractivity contribution in [3.63, 3.8) is 0 Å². The first-order valence-corrected chi connectivity index (χ1v) is 7.46. The third-order valence-corrected chi connectivity index (χ3v) is 4.28. The number of hydrogen-bond acceptors (Lipinski definition) is 3. The van der Waals surface area contributed by atoms with Crippen molar-refractivity contribution in [2.24, 2.45) is 0 Å². The Morgan fingerprint density at radius 3 is 3.06 bits per heavy atom. The molecule has 1 aromatic carbocycles. The summed E-state index contributed by atoms with van der Waals surface area (Å²) in [6, 6.07) is 8.59. The molecular formula is C14H20N2OS. The monoisotopic (exact) mass is 264 g/mol. The lowest BCUT2D eigenvalue weighted by atomic mass is 10.0. The van der Waals surface area contributed by atoms with Gasteiger partial charge < -0.3 is 5.32 Å². The van der Waals surface area contributed by atoms with Crippen LogP contribution < -0.4 is 10.6 Å². The topological polar surface area (TPSA) is 41.1 Å². The Balaban J connectivity index is 2.05. The van der Waals surface area contributed by atoms with Gasteiger partial charge in [-0.25, -0.2) is 0 Å². The lowest BCUT2D eigenvalue weighted by Crippen LogP contribution is -2.44. The van der Waals surface area contributed by atoms with E-state index in [1.54, 1.807) is 0 Å². The normalized spacial score (nSPS) is 20.0. The second kappa shape index (κ2) is 6.25. The fourth-order valence-electron chi connectivity index (χ4n) is 2.22. The first-order chi connectivity index (χ1) is 8.72. The Kier molecular flexibility index (Phi) is 4.66. The van der Waals surface area contributed by atoms with Gasteiger partial charge in [0.15, 0.2) is 0 Å². The number of carbonyl (C=O) groups is 1. The molecule has 2 atom stereocenters. The summed E-state index contributed by atoms with van der Waals surface area (Å²) in [7, 11) is 0. The predicted molar refractivity (Wildman–Crippen MR) is 75.8 cm³/mol. The average Bonchev–Trinajstić information content (AvgIpc) is 2.39. The predicted octanol–water partition coefficient (Wildman–Crippen LogP) is 2.34. The van der Waals surface area contributed by atoms with Gasteiger partial charge in [-0.3, -0.25) is 10.1 Å². The van der Waals surface area contributed by atoms with E-state index in [9.17, 15) is 4.79 Å². The molecule has 0 aromatic heterocycles. The van der Waals surface area contributed by atoms with Gasteiger partial charge in [0.2, 0.25) is 5.91 Å². The smallest absolute Gasteiger partial charge is 0.236 e. The Labute approximate surface area is 113 Å². The largest absolute Gasteiger partial charge is 0.355 e. The van der Waals surface area contributed by atoms with Crippen molar-refractivity contribution in [1.82, 2.24) is 10.6 Å². The van der Waals surface area contributed by atoms with E-state index in [1.165, 1.54) is 10.5 Å². The molecule has 0 radical (unpaired) electrons. The van der Waals surface area contributed by atoms with Gasteiger partial charge in [0, 0.05) is 17.5 Å². The molecule has 0 saturated carbocycles. The minimum atomic E-state index is -0.147. The number of benzene rings is 1. The van der Waals surface area contributed by atoms with E-state index < -0.39 is 0 Å². The maximum absolute atomic E-state index is 11.7. The number of thioether (sulfide) groups is 1. The summed E-state index contributed by atoms with van der Waals surface area (Å²) in [5.41, 5.74) is 1.32. The molecule has 18 heavy (non-hydrogen) atoms. The van der Waals surface area contributed by atoms with E-state index in [4.69, 9.17) is 0 Å². The van der Waals surface area contributed by atoms with Crippen LogP contribution in [0.3, 0.4) is 0 Å². The Bertz CT molecular complexity index is 422. The van der Waals surface area contributed by atoms with E-state index in [0.717, 1.165) is 12.2 Å². The van der Waals surface area contributed by atoms with Crippen LogP contribution >= 0.6 is 11.8 Å². The standard InChI is InChI=1S/C14H20N2OS/c1-3-15-14(17)10(2)16-12-8-9-18-13-7-5-4-6-11(12)13/h4-7,10,12,16H,3,8-9H2,1-2H3,(H,15,17). The van der Waals surface area contributed by atoms with E-state index in [-0.39, 0.29) is 11.9 Å². The van der Waals surface area contributed by atoms with Gasteiger partial charge in [0.1, 0.15) is 0 Å². The number of carbonyl (C=O) groups excluding carboxylic acids is 1. The molecule has 1 aliphatic heterocycles. The number of amides is 1. The van der Waals surface area contributed by atoms with Gasteiger partial charge in [0.25, 0.3) is 0 Å². The summed E-state index contributed by atoms with van der Waals surface area (Å²) in [5, 5.41) is 6.29. The highest BCUT2D eigenvalue weighted by molar-refractivity contribution is 7.99. The van der Waals surface area contributed by atoms with Crippen molar-refractivity contribution in [2.75, 3.05) is 12.3 Å². The van der Waals surface area contributed by atoms with Crippen LogP contribution in [0.5, 0.6) is 0 Å². The highest BCUT2D eigenvalue weighted by Crippen LogP contribution is 2.35. The van der Waals surface area contributed by atoms with Crippen LogP contribution in [0.15, 0.2) is 29.2 Å². The molecule has 2 rings (SSSR count). The first-order valence-electron chi connectivity index (χ1n) is 6.48. The molecule has 1 amide bonds. The summed E-state index contributed by atoms with van der Waals surface area (Å²) in [5.74, 6) is 1.18. The molecule has 1 heterocycles. The van der Waals surface area contributed by atoms with Crippen molar-refractivity contribution in [1.29, 1.82) is 0 Å². The summed E-state index contributed by atoms with van der Waals surface area (Å²) < 4.78 is 0. The van der Waals surface area contributed by atoms with E-state index in [0.29, 0.717) is 12.6 Å². The van der Waals surface area contributed by atoms with Crippen molar-refractivity contribution in [3.8, 4) is 0 Å². The van der Waals surface area contributed by atoms with Gasteiger partial charge in [-0.1, -0.05) is 18.2 Å². The molecule has 3 nitrogen and oxygen atoms in total. The molecule has 0 saturated heterocycles. The average molecular weight is 264 g/mol. The van der Waals surface area contributed by atoms with Gasteiger partial charge >= 0.3 is 0 Å². The molecule has 0 bridgehead atoms. The number of rotatable bonds is 4. The minimum absolute atomic E-state index is 0.0770. The van der Waals surface area contributed by atoms with E-state index >= 15 is 0 Å². The zero-order valence-corrected chi connectivity index (χ0v) is 11.7. The second-order valence-electron chi connectivity index (χ2n) is 4.51. The SMILES string of the molecule is CCNC(=O)C(C)NC1CCSc2ccccc21. The van der Waals surface area contributed by atoms with Crippen LogP contribution in [0, 0.1) is 0 Å². The zero-order chi connectivity index (χ0) is 13.0. The molecule has 98 valence electrons. The summed E-state index contributed by atoms with van der Waals surface area (Å²) in [6.07, 6.45) is 1.07. The molecule has 2 unspecified atom stereocenters. The van der Waals surface area contributed by atoms with Gasteiger partial charge in [-0.15, -0.1) is 11.8 Å². The van der Waals surface area contributed by atoms with Crippen LogP contribution in [-0.2, 0) is 4.79 Å². The van der Waals surface area contributed by atoms with Crippen LogP contribution in [0.2, 0.25) is 0 Å². The summed E-state index contributed by atoms with van der Waals surface area (Å²) in [4.78, 5) is 13.1. The van der Waals surface area contributed by atoms with E-state index in [2.05, 4.69) is 34.9 Å². The molecule has 1 aromatic rings. The lowest BCUT2D eigenvalue weighted by molar-refractivity contribution is -0.122.